The number of nitrogens with zero attached hydrogens (tertiary/aromatic N) is 7. The molecule has 5 heterocycles. The van der Waals surface area contributed by atoms with Gasteiger partial charge in [-0.3, -0.25) is 14.6 Å². The molecule has 2 saturated heterocycles. The molecule has 0 saturated carbocycles. The summed E-state index contributed by atoms with van der Waals surface area (Å²) in [5.74, 6) is 1.27. The first-order valence-electron chi connectivity index (χ1n) is 11.3. The molecule has 1 amide bonds. The highest BCUT2D eigenvalue weighted by atomic mass is 16.7. The first kappa shape index (κ1) is 21.3. The Morgan fingerprint density at radius 2 is 1.91 bits per heavy atom. The van der Waals surface area contributed by atoms with Crippen LogP contribution in [-0.4, -0.2) is 55.4 Å². The molecule has 10 heteroatoms. The van der Waals surface area contributed by atoms with Gasteiger partial charge in [0.05, 0.1) is 30.2 Å². The maximum absolute atomic E-state index is 13.3. The third-order valence-electron chi connectivity index (χ3n) is 6.46. The molecule has 2 N–H and O–H groups in total. The number of amides is 1. The Kier molecular flexibility index (Phi) is 5.67. The lowest BCUT2D eigenvalue weighted by Crippen LogP contribution is -2.42. The lowest BCUT2D eigenvalue weighted by Gasteiger charge is -2.34. The lowest BCUT2D eigenvalue weighted by molar-refractivity contribution is -0.182. The second-order valence-electron chi connectivity index (χ2n) is 8.61. The van der Waals surface area contributed by atoms with Gasteiger partial charge >= 0.3 is 0 Å². The van der Waals surface area contributed by atoms with Crippen LogP contribution in [0.1, 0.15) is 42.3 Å². The maximum atomic E-state index is 13.3. The van der Waals surface area contributed by atoms with Gasteiger partial charge in [0, 0.05) is 49.6 Å². The van der Waals surface area contributed by atoms with Gasteiger partial charge in [-0.05, 0) is 38.3 Å². The summed E-state index contributed by atoms with van der Waals surface area (Å²) in [5.41, 5.74) is 9.36. The fourth-order valence-corrected chi connectivity index (χ4v) is 4.43. The van der Waals surface area contributed by atoms with Crippen LogP contribution in [0.5, 0.6) is 0 Å². The summed E-state index contributed by atoms with van der Waals surface area (Å²) in [5, 5.41) is 5.88. The zero-order valence-corrected chi connectivity index (χ0v) is 18.9. The predicted molar refractivity (Wildman–Crippen MR) is 122 cm³/mol. The van der Waals surface area contributed by atoms with E-state index in [1.807, 2.05) is 38.2 Å². The molecule has 0 spiro atoms. The highest BCUT2D eigenvalue weighted by Gasteiger charge is 2.37. The van der Waals surface area contributed by atoms with Crippen LogP contribution in [0.25, 0.3) is 5.82 Å². The van der Waals surface area contributed by atoms with Crippen LogP contribution in [0.3, 0.4) is 0 Å². The van der Waals surface area contributed by atoms with E-state index in [4.69, 9.17) is 10.6 Å². The molecule has 3 aromatic rings. The van der Waals surface area contributed by atoms with Crippen LogP contribution in [0, 0.1) is 19.8 Å². The topological polar surface area (TPSA) is 115 Å². The first-order valence-corrected chi connectivity index (χ1v) is 11.3. The number of aromatic nitrogens is 5. The monoisotopic (exact) mass is 448 g/mol. The molecular weight excluding hydrogens is 420 g/mol. The van der Waals surface area contributed by atoms with E-state index < -0.39 is 0 Å². The Labute approximate surface area is 192 Å². The Bertz CT molecular complexity index is 1140. The van der Waals surface area contributed by atoms with Gasteiger partial charge in [0.1, 0.15) is 0 Å². The fourth-order valence-electron chi connectivity index (χ4n) is 4.43. The minimum Gasteiger partial charge on any atom is -0.396 e. The number of carbonyl (C=O) groups is 1. The standard InChI is InChI=1S/C23H28N8O2/c1-15-3-4-18(13-26-15)20-8-12-33-31(20)22(32)17-6-10-29(11-7-17)23-25-9-5-21(28-23)30-16(2)19(24)14-27-30/h3-5,9,13-14,17,20H,6-8,10-12,24H2,1-2H3/t20-/m0/s1. The maximum Gasteiger partial charge on any atom is 0.249 e. The molecule has 2 aliphatic heterocycles. The number of rotatable bonds is 4. The number of carbonyl (C=O) groups excluding carboxylic acids is 1. The molecule has 2 aliphatic rings. The number of pyridine rings is 1. The highest BCUT2D eigenvalue weighted by molar-refractivity contribution is 5.79. The second kappa shape index (κ2) is 8.78. The van der Waals surface area contributed by atoms with Gasteiger partial charge in [-0.15, -0.1) is 0 Å². The Balaban J connectivity index is 1.25. The quantitative estimate of drug-likeness (QED) is 0.647. The van der Waals surface area contributed by atoms with Crippen molar-refractivity contribution >= 4 is 17.5 Å². The Morgan fingerprint density at radius 1 is 1.09 bits per heavy atom. The van der Waals surface area contributed by atoms with Crippen molar-refractivity contribution in [2.45, 2.75) is 39.2 Å². The van der Waals surface area contributed by atoms with Crippen molar-refractivity contribution in [2.24, 2.45) is 5.92 Å². The minimum atomic E-state index is -0.0865. The summed E-state index contributed by atoms with van der Waals surface area (Å²) < 4.78 is 1.71. The van der Waals surface area contributed by atoms with Gasteiger partial charge in [0.2, 0.25) is 11.9 Å². The average Bonchev–Trinajstić information content (AvgIpc) is 3.46. The summed E-state index contributed by atoms with van der Waals surface area (Å²) >= 11 is 0. The number of hydroxylamine groups is 2. The van der Waals surface area contributed by atoms with Crippen molar-refractivity contribution in [3.8, 4) is 5.82 Å². The number of hydrogen-bond donors (Lipinski definition) is 1. The molecule has 0 bridgehead atoms. The number of nitrogens with two attached hydrogens (primary N) is 1. The first-order chi connectivity index (χ1) is 16.0. The summed E-state index contributed by atoms with van der Waals surface area (Å²) in [6, 6.07) is 5.74. The van der Waals surface area contributed by atoms with Crippen molar-refractivity contribution in [1.82, 2.24) is 29.8 Å². The van der Waals surface area contributed by atoms with Gasteiger partial charge < -0.3 is 10.6 Å². The van der Waals surface area contributed by atoms with E-state index in [9.17, 15) is 4.79 Å². The van der Waals surface area contributed by atoms with E-state index in [0.29, 0.717) is 37.1 Å². The van der Waals surface area contributed by atoms with Gasteiger partial charge in [0.25, 0.3) is 0 Å². The molecule has 5 rings (SSSR count). The van der Waals surface area contributed by atoms with Crippen molar-refractivity contribution in [2.75, 3.05) is 30.3 Å². The van der Waals surface area contributed by atoms with Crippen LogP contribution in [0.2, 0.25) is 0 Å². The molecule has 1 atom stereocenters. The van der Waals surface area contributed by atoms with Crippen molar-refractivity contribution < 1.29 is 9.63 Å². The second-order valence-corrected chi connectivity index (χ2v) is 8.61. The Morgan fingerprint density at radius 3 is 2.61 bits per heavy atom. The number of piperidine rings is 1. The van der Waals surface area contributed by atoms with Gasteiger partial charge in [-0.25, -0.2) is 14.7 Å². The summed E-state index contributed by atoms with van der Waals surface area (Å²) in [6.07, 6.45) is 7.42. The Hall–Kier alpha value is -3.53. The number of anilines is 2. The number of nitrogen functional groups attached to an aromatic ring is 1. The van der Waals surface area contributed by atoms with Crippen molar-refractivity contribution in [3.05, 3.63) is 53.7 Å². The third-order valence-corrected chi connectivity index (χ3v) is 6.46. The highest BCUT2D eigenvalue weighted by Crippen LogP contribution is 2.33. The zero-order chi connectivity index (χ0) is 22.9. The molecule has 3 aromatic heterocycles. The molecule has 2 fully saturated rings. The molecule has 172 valence electrons. The fraction of sp³-hybridized carbons (Fsp3) is 0.435. The predicted octanol–water partition coefficient (Wildman–Crippen LogP) is 2.38. The van der Waals surface area contributed by atoms with Crippen molar-refractivity contribution in [3.63, 3.8) is 0 Å². The largest absolute Gasteiger partial charge is 0.396 e. The van der Waals surface area contributed by atoms with E-state index in [1.54, 1.807) is 22.1 Å². The molecule has 0 unspecified atom stereocenters. The van der Waals surface area contributed by atoms with Gasteiger partial charge in [0.15, 0.2) is 5.82 Å². The zero-order valence-electron chi connectivity index (χ0n) is 18.9. The van der Waals surface area contributed by atoms with Crippen LogP contribution < -0.4 is 10.6 Å². The van der Waals surface area contributed by atoms with Gasteiger partial charge in [-0.1, -0.05) is 6.07 Å². The molecule has 10 nitrogen and oxygen atoms in total. The van der Waals surface area contributed by atoms with Crippen LogP contribution >= 0.6 is 0 Å². The number of aryl methyl sites for hydroxylation is 1. The van der Waals surface area contributed by atoms with Crippen LogP contribution in [-0.2, 0) is 9.63 Å². The van der Waals surface area contributed by atoms with E-state index in [0.717, 1.165) is 36.2 Å². The third kappa shape index (κ3) is 4.13. The SMILES string of the molecule is Cc1ccc([C@@H]2CCON2C(=O)C2CCN(c3nccc(-n4ncc(N)c4C)n3)CC2)cn1. The minimum absolute atomic E-state index is 0.0510. The molecular formula is C23H28N8O2. The molecule has 33 heavy (non-hydrogen) atoms. The van der Waals surface area contributed by atoms with Crippen molar-refractivity contribution in [1.29, 1.82) is 0 Å². The molecule has 0 radical (unpaired) electrons. The van der Waals surface area contributed by atoms with E-state index in [2.05, 4.69) is 25.0 Å². The molecule has 0 aliphatic carbocycles. The smallest absolute Gasteiger partial charge is 0.249 e. The summed E-state index contributed by atoms with van der Waals surface area (Å²) in [4.78, 5) is 34.7. The van der Waals surface area contributed by atoms with E-state index >= 15 is 0 Å². The average molecular weight is 449 g/mol. The van der Waals surface area contributed by atoms with Gasteiger partial charge in [-0.2, -0.15) is 10.1 Å². The van der Waals surface area contributed by atoms with Crippen LogP contribution in [0.15, 0.2) is 36.8 Å². The number of hydrogen-bond acceptors (Lipinski definition) is 8. The van der Waals surface area contributed by atoms with E-state index in [-0.39, 0.29) is 17.9 Å². The lowest BCUT2D eigenvalue weighted by atomic mass is 9.95. The normalized spacial score (nSPS) is 19.3. The van der Waals surface area contributed by atoms with E-state index in [1.165, 1.54) is 0 Å². The summed E-state index contributed by atoms with van der Waals surface area (Å²) in [6.45, 7) is 5.80. The summed E-state index contributed by atoms with van der Waals surface area (Å²) in [7, 11) is 0. The molecule has 0 aromatic carbocycles. The van der Waals surface area contributed by atoms with Crippen LogP contribution in [0.4, 0.5) is 11.6 Å².